The zero-order valence-corrected chi connectivity index (χ0v) is 5.79. The molecule has 1 rings (SSSR count). The average Bonchev–Trinajstić information content (AvgIpc) is 1.69. The molecular formula is C5H5IO. The summed E-state index contributed by atoms with van der Waals surface area (Å²) < 4.78 is 3.97. The Morgan fingerprint density at radius 3 is 2.71 bits per heavy atom. The third kappa shape index (κ3) is 1.43. The summed E-state index contributed by atoms with van der Waals surface area (Å²) in [5.74, 6) is 0.426. The van der Waals surface area contributed by atoms with E-state index in [0.717, 1.165) is 0 Å². The van der Waals surface area contributed by atoms with Gasteiger partial charge in [0.25, 0.3) is 0 Å². The minimum atomic E-state index is 0.0506. The van der Waals surface area contributed by atoms with E-state index in [9.17, 15) is 0 Å². The van der Waals surface area contributed by atoms with Crippen molar-refractivity contribution in [3.05, 3.63) is 22.0 Å². The van der Waals surface area contributed by atoms with Gasteiger partial charge in [0.2, 0.25) is 0 Å². The van der Waals surface area contributed by atoms with E-state index in [-0.39, 0.29) is 20.7 Å². The average molecular weight is 208 g/mol. The first-order valence-electron chi connectivity index (χ1n) is 1.90. The van der Waals surface area contributed by atoms with Gasteiger partial charge in [-0.3, -0.25) is 0 Å². The Labute approximate surface area is 52.1 Å². The van der Waals surface area contributed by atoms with E-state index in [2.05, 4.69) is 4.01 Å². The molecule has 0 bridgehead atoms. The molecule has 1 aliphatic heterocycles. The minimum absolute atomic E-state index is 0.0506. The third-order valence-corrected chi connectivity index (χ3v) is 2.42. The third-order valence-electron chi connectivity index (χ3n) is 0.587. The summed E-state index contributed by atoms with van der Waals surface area (Å²) in [6.07, 6.45) is 3.59. The number of halogens is 1. The molecule has 0 saturated heterocycles. The summed E-state index contributed by atoms with van der Waals surface area (Å²) in [6, 6.07) is 0. The normalized spacial score (nSPS) is 18.0. The molecule has 1 aliphatic rings. The van der Waals surface area contributed by atoms with Crippen molar-refractivity contribution in [2.24, 2.45) is 0 Å². The van der Waals surface area contributed by atoms with Gasteiger partial charge in [0, 0.05) is 4.08 Å². The molecule has 38 valence electrons. The summed E-state index contributed by atoms with van der Waals surface area (Å²) >= 11 is 0.0506. The van der Waals surface area contributed by atoms with Crippen molar-refractivity contribution in [1.29, 1.82) is 0 Å². The van der Waals surface area contributed by atoms with Crippen molar-refractivity contribution in [2.75, 3.05) is 0 Å². The van der Waals surface area contributed by atoms with Crippen LogP contribution < -0.4 is 0 Å². The van der Waals surface area contributed by atoms with Crippen LogP contribution in [0.15, 0.2) is 22.0 Å². The Morgan fingerprint density at radius 2 is 2.43 bits per heavy atom. The maximum absolute atomic E-state index is 8.69. The van der Waals surface area contributed by atoms with Crippen LogP contribution in [0.2, 0.25) is 0 Å². The Morgan fingerprint density at radius 1 is 1.57 bits per heavy atom. The van der Waals surface area contributed by atoms with Crippen molar-refractivity contribution < 1.29 is 5.11 Å². The predicted molar refractivity (Wildman–Crippen MR) is 39.9 cm³/mol. The Bertz CT molecular complexity index is 144. The Hall–Kier alpha value is -0.120. The van der Waals surface area contributed by atoms with Gasteiger partial charge in [0.15, 0.2) is 0 Å². The van der Waals surface area contributed by atoms with Crippen LogP contribution in [0.5, 0.6) is 0 Å². The molecule has 0 aromatic carbocycles. The molecular weight excluding hydrogens is 203 g/mol. The molecule has 1 heterocycles. The van der Waals surface area contributed by atoms with Gasteiger partial charge < -0.3 is 5.11 Å². The second kappa shape index (κ2) is 2.26. The van der Waals surface area contributed by atoms with Crippen LogP contribution >= 0.6 is 20.7 Å². The highest BCUT2D eigenvalue weighted by molar-refractivity contribution is 14.2. The van der Waals surface area contributed by atoms with Crippen molar-refractivity contribution >= 4 is 24.7 Å². The molecule has 0 aromatic rings. The van der Waals surface area contributed by atoms with Gasteiger partial charge in [0.1, 0.15) is 5.76 Å². The molecule has 0 amide bonds. The quantitative estimate of drug-likeness (QED) is 0.601. The summed E-state index contributed by atoms with van der Waals surface area (Å²) in [5.41, 5.74) is 0. The monoisotopic (exact) mass is 208 g/mol. The number of aliphatic hydroxyl groups is 1. The lowest BCUT2D eigenvalue weighted by Gasteiger charge is -1.87. The topological polar surface area (TPSA) is 20.2 Å². The highest BCUT2D eigenvalue weighted by Crippen LogP contribution is 2.07. The first-order valence-corrected chi connectivity index (χ1v) is 4.40. The second-order valence-corrected chi connectivity index (χ2v) is 3.21. The molecule has 0 atom stereocenters. The molecule has 0 aromatic heterocycles. The predicted octanol–water partition coefficient (Wildman–Crippen LogP) is 1.73. The number of hydrogen-bond acceptors (Lipinski definition) is 1. The number of hydrogen-bond donors (Lipinski definition) is 1. The van der Waals surface area contributed by atoms with Crippen molar-refractivity contribution in [1.82, 2.24) is 0 Å². The Balaban J connectivity index is 2.82. The van der Waals surface area contributed by atoms with Crippen LogP contribution in [0, 0.1) is 0 Å². The van der Waals surface area contributed by atoms with Crippen molar-refractivity contribution in [2.45, 2.75) is 0 Å². The largest absolute Gasteiger partial charge is 0.508 e. The molecule has 1 nitrogen and oxygen atoms in total. The van der Waals surface area contributed by atoms with E-state index < -0.39 is 0 Å². The molecule has 0 unspecified atom stereocenters. The molecule has 0 aliphatic carbocycles. The fourth-order valence-corrected chi connectivity index (χ4v) is 1.55. The second-order valence-electron chi connectivity index (χ2n) is 1.15. The number of allylic oxidation sites excluding steroid dienone is 2. The smallest absolute Gasteiger partial charge is 0.121 e. The summed E-state index contributed by atoms with van der Waals surface area (Å²) in [5, 5.41) is 8.69. The van der Waals surface area contributed by atoms with Gasteiger partial charge in [0.05, 0.1) is 0 Å². The van der Waals surface area contributed by atoms with Crippen LogP contribution in [-0.2, 0) is 0 Å². The van der Waals surface area contributed by atoms with Crippen LogP contribution in [0.3, 0.4) is 0 Å². The maximum atomic E-state index is 8.69. The van der Waals surface area contributed by atoms with E-state index in [1.165, 1.54) is 0 Å². The number of rotatable bonds is 0. The SMILES string of the molecule is OC1=CI=CC=C1. The molecule has 7 heavy (non-hydrogen) atoms. The van der Waals surface area contributed by atoms with Gasteiger partial charge in [-0.15, -0.1) is 0 Å². The van der Waals surface area contributed by atoms with Crippen LogP contribution in [0.25, 0.3) is 0 Å². The fourth-order valence-electron chi connectivity index (χ4n) is 0.314. The van der Waals surface area contributed by atoms with E-state index in [4.69, 9.17) is 5.11 Å². The first kappa shape index (κ1) is 5.03. The lowest BCUT2D eigenvalue weighted by atomic mass is 10.5. The van der Waals surface area contributed by atoms with Crippen LogP contribution in [0.1, 0.15) is 0 Å². The minimum Gasteiger partial charge on any atom is -0.508 e. The lowest BCUT2D eigenvalue weighted by molar-refractivity contribution is 0.435. The lowest BCUT2D eigenvalue weighted by Crippen LogP contribution is -1.72. The molecule has 1 N–H and O–H groups in total. The van der Waals surface area contributed by atoms with E-state index in [0.29, 0.717) is 5.76 Å². The zero-order valence-electron chi connectivity index (χ0n) is 3.63. The molecule has 0 radical (unpaired) electrons. The van der Waals surface area contributed by atoms with Gasteiger partial charge in [-0.2, -0.15) is 0 Å². The first-order chi connectivity index (χ1) is 3.39. The summed E-state index contributed by atoms with van der Waals surface area (Å²) in [6.45, 7) is 0. The maximum Gasteiger partial charge on any atom is 0.121 e. The summed E-state index contributed by atoms with van der Waals surface area (Å²) in [4.78, 5) is 0. The zero-order chi connectivity index (χ0) is 5.11. The van der Waals surface area contributed by atoms with Crippen molar-refractivity contribution in [3.63, 3.8) is 0 Å². The van der Waals surface area contributed by atoms with Crippen LogP contribution in [0.4, 0.5) is 0 Å². The molecule has 0 saturated carbocycles. The van der Waals surface area contributed by atoms with Gasteiger partial charge >= 0.3 is 0 Å². The fraction of sp³-hybridized carbons (Fsp3) is 0. The van der Waals surface area contributed by atoms with Gasteiger partial charge in [-0.05, 0) is 10.1 Å². The molecule has 0 spiro atoms. The number of aliphatic hydroxyl groups excluding tert-OH is 1. The molecule has 0 fully saturated rings. The Kier molecular flexibility index (Phi) is 1.62. The van der Waals surface area contributed by atoms with E-state index >= 15 is 0 Å². The highest BCUT2D eigenvalue weighted by Gasteiger charge is 1.82. The van der Waals surface area contributed by atoms with Gasteiger partial charge in [-0.1, -0.05) is 26.8 Å². The highest BCUT2D eigenvalue weighted by atomic mass is 127. The molecule has 2 heteroatoms. The summed E-state index contributed by atoms with van der Waals surface area (Å²) in [7, 11) is 0. The standard InChI is InChI=1S/C5H5IO/c7-5-2-1-3-6-4-5/h1-4,7H. The van der Waals surface area contributed by atoms with E-state index in [1.807, 2.05) is 10.2 Å². The van der Waals surface area contributed by atoms with Crippen LogP contribution in [-0.4, -0.2) is 9.12 Å². The van der Waals surface area contributed by atoms with Gasteiger partial charge in [-0.25, -0.2) is 0 Å². The van der Waals surface area contributed by atoms with E-state index in [1.54, 1.807) is 6.08 Å². The van der Waals surface area contributed by atoms with Crippen molar-refractivity contribution in [3.8, 4) is 0 Å².